The molecule has 18 heavy (non-hydrogen) atoms. The van der Waals surface area contributed by atoms with E-state index in [1.807, 2.05) is 0 Å². The number of aliphatic hydroxyl groups is 1. The van der Waals surface area contributed by atoms with Crippen LogP contribution in [0.4, 0.5) is 8.78 Å². The Bertz CT molecular complexity index is 560. The van der Waals surface area contributed by atoms with Crippen molar-refractivity contribution in [1.29, 1.82) is 0 Å². The number of hydrogen-bond acceptors (Lipinski definition) is 3. The van der Waals surface area contributed by atoms with Crippen molar-refractivity contribution in [2.24, 2.45) is 0 Å². The van der Waals surface area contributed by atoms with Gasteiger partial charge in [-0.05, 0) is 18.2 Å². The van der Waals surface area contributed by atoms with Gasteiger partial charge in [0, 0.05) is 11.8 Å². The Hall–Kier alpha value is -2.01. The molecule has 0 aliphatic carbocycles. The molecule has 0 fully saturated rings. The molecule has 3 nitrogen and oxygen atoms in total. The highest BCUT2D eigenvalue weighted by molar-refractivity contribution is 5.35. The van der Waals surface area contributed by atoms with Crippen molar-refractivity contribution in [2.45, 2.75) is 6.10 Å². The van der Waals surface area contributed by atoms with Crippen molar-refractivity contribution in [3.05, 3.63) is 59.4 Å². The van der Waals surface area contributed by atoms with Gasteiger partial charge in [0.1, 0.15) is 17.5 Å². The van der Waals surface area contributed by atoms with Gasteiger partial charge in [0.05, 0.1) is 7.11 Å². The smallest absolute Gasteiger partial charge is 0.165 e. The fourth-order valence-electron chi connectivity index (χ4n) is 1.66. The second-order valence-electron chi connectivity index (χ2n) is 3.64. The van der Waals surface area contributed by atoms with Crippen molar-refractivity contribution in [3.63, 3.8) is 0 Å². The predicted octanol–water partition coefficient (Wildman–Crippen LogP) is 2.45. The minimum absolute atomic E-state index is 0.143. The van der Waals surface area contributed by atoms with Crippen LogP contribution in [0.2, 0.25) is 0 Å². The highest BCUT2D eigenvalue weighted by atomic mass is 19.2. The third-order valence-electron chi connectivity index (χ3n) is 2.55. The molecule has 1 heterocycles. The summed E-state index contributed by atoms with van der Waals surface area (Å²) in [6.45, 7) is 0. The van der Waals surface area contributed by atoms with Gasteiger partial charge in [-0.15, -0.1) is 0 Å². The van der Waals surface area contributed by atoms with Crippen LogP contribution in [0.15, 0.2) is 36.5 Å². The third kappa shape index (κ3) is 2.17. The Kier molecular flexibility index (Phi) is 3.53. The average Bonchev–Trinajstić information content (AvgIpc) is 2.41. The number of pyridine rings is 1. The molecule has 1 aromatic carbocycles. The van der Waals surface area contributed by atoms with Crippen molar-refractivity contribution < 1.29 is 18.6 Å². The van der Waals surface area contributed by atoms with E-state index in [0.29, 0.717) is 5.75 Å². The molecule has 2 rings (SSSR count). The van der Waals surface area contributed by atoms with Crippen LogP contribution in [0.25, 0.3) is 0 Å². The van der Waals surface area contributed by atoms with Crippen LogP contribution in [0, 0.1) is 11.6 Å². The molecule has 0 spiro atoms. The van der Waals surface area contributed by atoms with Crippen LogP contribution < -0.4 is 4.74 Å². The number of aliphatic hydroxyl groups excluding tert-OH is 1. The summed E-state index contributed by atoms with van der Waals surface area (Å²) in [6.07, 6.45) is 0.0648. The largest absolute Gasteiger partial charge is 0.495 e. The number of methoxy groups -OCH3 is 1. The van der Waals surface area contributed by atoms with E-state index in [4.69, 9.17) is 4.74 Å². The van der Waals surface area contributed by atoms with E-state index in [9.17, 15) is 13.9 Å². The third-order valence-corrected chi connectivity index (χ3v) is 2.55. The number of benzene rings is 1. The first-order valence-electron chi connectivity index (χ1n) is 5.26. The fraction of sp³-hybridized carbons (Fsp3) is 0.154. The normalized spacial score (nSPS) is 12.2. The van der Waals surface area contributed by atoms with Gasteiger partial charge < -0.3 is 9.84 Å². The summed E-state index contributed by atoms with van der Waals surface area (Å²) in [7, 11) is 1.41. The number of rotatable bonds is 3. The van der Waals surface area contributed by atoms with Crippen LogP contribution in [-0.4, -0.2) is 17.2 Å². The number of nitrogens with zero attached hydrogens (tertiary/aromatic N) is 1. The summed E-state index contributed by atoms with van der Waals surface area (Å²) in [5.41, 5.74) is -0.0310. The van der Waals surface area contributed by atoms with Crippen molar-refractivity contribution in [1.82, 2.24) is 4.98 Å². The van der Waals surface area contributed by atoms with Crippen molar-refractivity contribution in [3.8, 4) is 5.75 Å². The Morgan fingerprint density at radius 2 is 2.00 bits per heavy atom. The highest BCUT2D eigenvalue weighted by Gasteiger charge is 2.21. The topological polar surface area (TPSA) is 42.4 Å². The molecule has 1 aromatic heterocycles. The van der Waals surface area contributed by atoms with Gasteiger partial charge in [0.2, 0.25) is 0 Å². The summed E-state index contributed by atoms with van der Waals surface area (Å²) in [4.78, 5) is 3.93. The van der Waals surface area contributed by atoms with Gasteiger partial charge in [-0.1, -0.05) is 12.1 Å². The Morgan fingerprint density at radius 3 is 2.72 bits per heavy atom. The standard InChI is InChI=1S/C13H11F2NO2/c1-18-10-6-3-7-16-12(10)13(17)8-4-2-5-9(14)11(8)15/h2-7,13,17H,1H3. The monoisotopic (exact) mass is 251 g/mol. The first-order valence-corrected chi connectivity index (χ1v) is 5.26. The molecule has 0 aliphatic rings. The van der Waals surface area contributed by atoms with E-state index >= 15 is 0 Å². The molecule has 5 heteroatoms. The van der Waals surface area contributed by atoms with Gasteiger partial charge in [-0.25, -0.2) is 8.78 Å². The Labute approximate surface area is 103 Å². The number of hydrogen-bond donors (Lipinski definition) is 1. The maximum Gasteiger partial charge on any atom is 0.165 e. The van der Waals surface area contributed by atoms with E-state index in [2.05, 4.69) is 4.98 Å². The predicted molar refractivity (Wildman–Crippen MR) is 61.2 cm³/mol. The van der Waals surface area contributed by atoms with Gasteiger partial charge in [0.15, 0.2) is 11.6 Å². The molecule has 1 N–H and O–H groups in total. The van der Waals surface area contributed by atoms with Crippen LogP contribution in [0.3, 0.4) is 0 Å². The zero-order valence-electron chi connectivity index (χ0n) is 9.60. The first kappa shape index (κ1) is 12.4. The fourth-order valence-corrected chi connectivity index (χ4v) is 1.66. The maximum absolute atomic E-state index is 13.6. The van der Waals surface area contributed by atoms with Gasteiger partial charge in [-0.2, -0.15) is 0 Å². The molecule has 0 aliphatic heterocycles. The lowest BCUT2D eigenvalue weighted by Gasteiger charge is -2.14. The summed E-state index contributed by atoms with van der Waals surface area (Å²) < 4.78 is 31.7. The molecule has 0 saturated carbocycles. The molecular weight excluding hydrogens is 240 g/mol. The Morgan fingerprint density at radius 1 is 1.22 bits per heavy atom. The van der Waals surface area contributed by atoms with E-state index in [0.717, 1.165) is 6.07 Å². The van der Waals surface area contributed by atoms with Gasteiger partial charge in [-0.3, -0.25) is 4.98 Å². The minimum Gasteiger partial charge on any atom is -0.495 e. The van der Waals surface area contributed by atoms with Crippen LogP contribution in [0.5, 0.6) is 5.75 Å². The lowest BCUT2D eigenvalue weighted by molar-refractivity contribution is 0.203. The first-order chi connectivity index (χ1) is 8.65. The maximum atomic E-state index is 13.6. The SMILES string of the molecule is COc1cccnc1C(O)c1cccc(F)c1F. The minimum atomic E-state index is -1.38. The van der Waals surface area contributed by atoms with Crippen LogP contribution >= 0.6 is 0 Å². The molecule has 0 radical (unpaired) electrons. The van der Waals surface area contributed by atoms with E-state index in [-0.39, 0.29) is 11.3 Å². The van der Waals surface area contributed by atoms with E-state index in [1.165, 1.54) is 25.4 Å². The second kappa shape index (κ2) is 5.10. The second-order valence-corrected chi connectivity index (χ2v) is 3.64. The summed E-state index contributed by atoms with van der Waals surface area (Å²) in [5, 5.41) is 10.1. The number of halogens is 2. The van der Waals surface area contributed by atoms with Crippen molar-refractivity contribution in [2.75, 3.05) is 7.11 Å². The zero-order valence-corrected chi connectivity index (χ0v) is 9.60. The van der Waals surface area contributed by atoms with Crippen LogP contribution in [-0.2, 0) is 0 Å². The molecule has 0 amide bonds. The van der Waals surface area contributed by atoms with Gasteiger partial charge >= 0.3 is 0 Å². The summed E-state index contributed by atoms with van der Waals surface area (Å²) >= 11 is 0. The van der Waals surface area contributed by atoms with E-state index < -0.39 is 17.7 Å². The number of aromatic nitrogens is 1. The lowest BCUT2D eigenvalue weighted by Crippen LogP contribution is -2.07. The van der Waals surface area contributed by atoms with E-state index in [1.54, 1.807) is 12.1 Å². The molecule has 1 unspecified atom stereocenters. The zero-order chi connectivity index (χ0) is 13.1. The average molecular weight is 251 g/mol. The van der Waals surface area contributed by atoms with Gasteiger partial charge in [0.25, 0.3) is 0 Å². The molecule has 0 saturated heterocycles. The molecule has 2 aromatic rings. The van der Waals surface area contributed by atoms with Crippen LogP contribution in [0.1, 0.15) is 17.4 Å². The molecular formula is C13H11F2NO2. The molecule has 1 atom stereocenters. The molecule has 94 valence electrons. The van der Waals surface area contributed by atoms with Crippen molar-refractivity contribution >= 4 is 0 Å². The number of ether oxygens (including phenoxy) is 1. The highest BCUT2D eigenvalue weighted by Crippen LogP contribution is 2.29. The quantitative estimate of drug-likeness (QED) is 0.911. The Balaban J connectivity index is 2.48. The lowest BCUT2D eigenvalue weighted by atomic mass is 10.0. The molecule has 0 bridgehead atoms. The summed E-state index contributed by atoms with van der Waals surface area (Å²) in [5.74, 6) is -1.78. The summed E-state index contributed by atoms with van der Waals surface area (Å²) in [6, 6.07) is 6.82.